The summed E-state index contributed by atoms with van der Waals surface area (Å²) in [5.41, 5.74) is -0.136. The molecular weight excluding hydrogens is 285 g/mol. The standard InChI is InChI=1S/C17H24FNO3/c1-20-16-7-9-19(13-17(16)8-2-11-22-17)10-12-21-15-5-3-14(18)4-6-15/h3-6,16H,2,7-13H2,1H3/t16-,17-/m0/s1. The summed E-state index contributed by atoms with van der Waals surface area (Å²) in [4.78, 5) is 2.38. The van der Waals surface area contributed by atoms with E-state index in [0.717, 1.165) is 45.5 Å². The maximum atomic E-state index is 12.8. The van der Waals surface area contributed by atoms with Crippen LogP contribution in [0.5, 0.6) is 5.75 Å². The molecule has 3 rings (SSSR count). The molecule has 0 bridgehead atoms. The topological polar surface area (TPSA) is 30.9 Å². The SMILES string of the molecule is CO[C@H]1CCN(CCOc2ccc(F)cc2)C[C@@]12CCCO2. The van der Waals surface area contributed by atoms with Crippen LogP contribution in [0, 0.1) is 5.82 Å². The van der Waals surface area contributed by atoms with Crippen LogP contribution in [0.3, 0.4) is 0 Å². The number of nitrogens with zero attached hydrogens (tertiary/aromatic N) is 1. The van der Waals surface area contributed by atoms with Gasteiger partial charge >= 0.3 is 0 Å². The minimum Gasteiger partial charge on any atom is -0.492 e. The summed E-state index contributed by atoms with van der Waals surface area (Å²) in [7, 11) is 1.78. The van der Waals surface area contributed by atoms with E-state index in [4.69, 9.17) is 14.2 Å². The maximum absolute atomic E-state index is 12.8. The van der Waals surface area contributed by atoms with Gasteiger partial charge in [-0.15, -0.1) is 0 Å². The molecule has 0 aromatic heterocycles. The van der Waals surface area contributed by atoms with Crippen LogP contribution in [0.15, 0.2) is 24.3 Å². The van der Waals surface area contributed by atoms with E-state index >= 15 is 0 Å². The Labute approximate surface area is 131 Å². The van der Waals surface area contributed by atoms with Crippen LogP contribution in [0.2, 0.25) is 0 Å². The second-order valence-corrected chi connectivity index (χ2v) is 6.11. The first kappa shape index (κ1) is 15.7. The molecule has 1 aromatic carbocycles. The van der Waals surface area contributed by atoms with Crippen molar-refractivity contribution in [2.24, 2.45) is 0 Å². The van der Waals surface area contributed by atoms with Crippen molar-refractivity contribution < 1.29 is 18.6 Å². The van der Waals surface area contributed by atoms with E-state index in [1.165, 1.54) is 12.1 Å². The molecule has 5 heteroatoms. The molecule has 2 heterocycles. The number of piperidine rings is 1. The molecule has 2 aliphatic rings. The van der Waals surface area contributed by atoms with Gasteiger partial charge in [-0.25, -0.2) is 4.39 Å². The Kier molecular flexibility index (Phi) is 4.96. The van der Waals surface area contributed by atoms with Crippen LogP contribution in [0.1, 0.15) is 19.3 Å². The van der Waals surface area contributed by atoms with Crippen molar-refractivity contribution in [2.45, 2.75) is 31.0 Å². The van der Waals surface area contributed by atoms with Crippen LogP contribution in [0.4, 0.5) is 4.39 Å². The van der Waals surface area contributed by atoms with Gasteiger partial charge in [0.25, 0.3) is 0 Å². The average Bonchev–Trinajstić information content (AvgIpc) is 2.98. The lowest BCUT2D eigenvalue weighted by atomic mass is 9.87. The number of hydrogen-bond donors (Lipinski definition) is 0. The summed E-state index contributed by atoms with van der Waals surface area (Å²) in [6, 6.07) is 6.16. The van der Waals surface area contributed by atoms with Gasteiger partial charge < -0.3 is 14.2 Å². The lowest BCUT2D eigenvalue weighted by Crippen LogP contribution is -2.57. The minimum absolute atomic E-state index is 0.136. The molecule has 0 radical (unpaired) electrons. The summed E-state index contributed by atoms with van der Waals surface area (Å²) in [5, 5.41) is 0. The van der Waals surface area contributed by atoms with Gasteiger partial charge in [0, 0.05) is 33.4 Å². The lowest BCUT2D eigenvalue weighted by Gasteiger charge is -2.44. The van der Waals surface area contributed by atoms with Crippen molar-refractivity contribution in [3.05, 3.63) is 30.1 Å². The third-order valence-corrected chi connectivity index (χ3v) is 4.69. The number of benzene rings is 1. The van der Waals surface area contributed by atoms with Crippen molar-refractivity contribution in [3.63, 3.8) is 0 Å². The zero-order chi connectivity index (χ0) is 15.4. The summed E-state index contributed by atoms with van der Waals surface area (Å²) < 4.78 is 30.2. The number of hydrogen-bond acceptors (Lipinski definition) is 4. The molecule has 0 saturated carbocycles. The molecule has 2 saturated heterocycles. The van der Waals surface area contributed by atoms with Crippen LogP contribution >= 0.6 is 0 Å². The zero-order valence-corrected chi connectivity index (χ0v) is 13.1. The first-order valence-corrected chi connectivity index (χ1v) is 7.99. The van der Waals surface area contributed by atoms with Gasteiger partial charge in [-0.1, -0.05) is 0 Å². The van der Waals surface area contributed by atoms with Crippen LogP contribution in [-0.2, 0) is 9.47 Å². The molecule has 22 heavy (non-hydrogen) atoms. The second-order valence-electron chi connectivity index (χ2n) is 6.11. The van der Waals surface area contributed by atoms with E-state index < -0.39 is 0 Å². The Hall–Kier alpha value is -1.17. The summed E-state index contributed by atoms with van der Waals surface area (Å²) in [5.74, 6) is 0.467. The van der Waals surface area contributed by atoms with Gasteiger partial charge in [0.15, 0.2) is 0 Å². The Morgan fingerprint density at radius 1 is 1.36 bits per heavy atom. The second kappa shape index (κ2) is 6.94. The van der Waals surface area contributed by atoms with Crippen LogP contribution < -0.4 is 4.74 Å². The van der Waals surface area contributed by atoms with Crippen molar-refractivity contribution in [1.29, 1.82) is 0 Å². The molecular formula is C17H24FNO3. The van der Waals surface area contributed by atoms with Gasteiger partial charge in [0.05, 0.1) is 6.10 Å². The van der Waals surface area contributed by atoms with Crippen LogP contribution in [-0.4, -0.2) is 56.6 Å². The summed E-state index contributed by atoms with van der Waals surface area (Å²) in [6.07, 6.45) is 3.37. The fourth-order valence-electron chi connectivity index (χ4n) is 3.57. The largest absolute Gasteiger partial charge is 0.492 e. The molecule has 122 valence electrons. The van der Waals surface area contributed by atoms with Gasteiger partial charge in [-0.3, -0.25) is 4.90 Å². The van der Waals surface area contributed by atoms with E-state index in [1.54, 1.807) is 19.2 Å². The number of methoxy groups -OCH3 is 1. The Morgan fingerprint density at radius 2 is 2.18 bits per heavy atom. The Balaban J connectivity index is 1.50. The molecule has 2 atom stereocenters. The monoisotopic (exact) mass is 309 g/mol. The van der Waals surface area contributed by atoms with Crippen molar-refractivity contribution in [1.82, 2.24) is 4.90 Å². The Bertz CT molecular complexity index is 473. The average molecular weight is 309 g/mol. The molecule has 0 amide bonds. The van der Waals surface area contributed by atoms with Crippen molar-refractivity contribution >= 4 is 0 Å². The number of ether oxygens (including phenoxy) is 3. The predicted molar refractivity (Wildman–Crippen MR) is 81.7 cm³/mol. The van der Waals surface area contributed by atoms with Gasteiger partial charge in [0.2, 0.25) is 0 Å². The van der Waals surface area contributed by atoms with Gasteiger partial charge in [-0.2, -0.15) is 0 Å². The van der Waals surface area contributed by atoms with E-state index in [2.05, 4.69) is 4.90 Å². The normalized spacial score (nSPS) is 29.1. The fourth-order valence-corrected chi connectivity index (χ4v) is 3.57. The molecule has 1 aromatic rings. The van der Waals surface area contributed by atoms with Gasteiger partial charge in [0.1, 0.15) is 23.8 Å². The van der Waals surface area contributed by atoms with E-state index in [1.807, 2.05) is 0 Å². The third kappa shape index (κ3) is 3.42. The van der Waals surface area contributed by atoms with E-state index in [-0.39, 0.29) is 17.5 Å². The van der Waals surface area contributed by atoms with Crippen LogP contribution in [0.25, 0.3) is 0 Å². The maximum Gasteiger partial charge on any atom is 0.123 e. The highest BCUT2D eigenvalue weighted by Crippen LogP contribution is 2.36. The predicted octanol–water partition coefficient (Wildman–Crippen LogP) is 2.47. The highest BCUT2D eigenvalue weighted by atomic mass is 19.1. The van der Waals surface area contributed by atoms with Crippen molar-refractivity contribution in [2.75, 3.05) is 40.0 Å². The molecule has 2 aliphatic heterocycles. The Morgan fingerprint density at radius 3 is 2.86 bits per heavy atom. The first-order valence-electron chi connectivity index (χ1n) is 7.99. The molecule has 1 spiro atoms. The molecule has 4 nitrogen and oxygen atoms in total. The molecule has 0 unspecified atom stereocenters. The summed E-state index contributed by atoms with van der Waals surface area (Å²) >= 11 is 0. The zero-order valence-electron chi connectivity index (χ0n) is 13.1. The lowest BCUT2D eigenvalue weighted by molar-refractivity contribution is -0.144. The molecule has 0 aliphatic carbocycles. The highest BCUT2D eigenvalue weighted by Gasteiger charge is 2.46. The number of rotatable bonds is 5. The fraction of sp³-hybridized carbons (Fsp3) is 0.647. The summed E-state index contributed by atoms with van der Waals surface area (Å²) in [6.45, 7) is 4.17. The number of halogens is 1. The molecule has 2 fully saturated rings. The third-order valence-electron chi connectivity index (χ3n) is 4.69. The first-order chi connectivity index (χ1) is 10.7. The van der Waals surface area contributed by atoms with Gasteiger partial charge in [-0.05, 0) is 43.5 Å². The smallest absolute Gasteiger partial charge is 0.123 e. The van der Waals surface area contributed by atoms with E-state index in [0.29, 0.717) is 12.4 Å². The highest BCUT2D eigenvalue weighted by molar-refractivity contribution is 5.22. The van der Waals surface area contributed by atoms with E-state index in [9.17, 15) is 4.39 Å². The quantitative estimate of drug-likeness (QED) is 0.836. The number of likely N-dealkylation sites (tertiary alicyclic amines) is 1. The minimum atomic E-state index is -0.241. The van der Waals surface area contributed by atoms with Crippen molar-refractivity contribution in [3.8, 4) is 5.75 Å². The molecule has 0 N–H and O–H groups in total.